The van der Waals surface area contributed by atoms with Gasteiger partial charge in [-0.15, -0.1) is 0 Å². The number of hydrogen-bond acceptors (Lipinski definition) is 1. The Balaban J connectivity index is 2.43. The lowest BCUT2D eigenvalue weighted by atomic mass is 10.1. The van der Waals surface area contributed by atoms with Gasteiger partial charge in [0.1, 0.15) is 0 Å². The third-order valence-electron chi connectivity index (χ3n) is 2.29. The number of nitrogens with zero attached hydrogens (tertiary/aromatic N) is 1. The van der Waals surface area contributed by atoms with Gasteiger partial charge in [-0.3, -0.25) is 4.90 Å². The molecule has 1 aromatic carbocycles. The van der Waals surface area contributed by atoms with E-state index in [1.54, 1.807) is 12.1 Å². The predicted octanol–water partition coefficient (Wildman–Crippen LogP) is 2.99. The molecular formula is C9H7Cl2NO2. The minimum atomic E-state index is -0.951. The van der Waals surface area contributed by atoms with Gasteiger partial charge < -0.3 is 5.11 Å². The maximum atomic E-state index is 10.7. The molecule has 0 saturated heterocycles. The molecule has 0 bridgehead atoms. The number of hydrogen-bond donors (Lipinski definition) is 1. The largest absolute Gasteiger partial charge is 0.465 e. The molecule has 0 radical (unpaired) electrons. The minimum Gasteiger partial charge on any atom is -0.465 e. The lowest BCUT2D eigenvalue weighted by molar-refractivity contribution is 0.145. The van der Waals surface area contributed by atoms with Crippen molar-refractivity contribution in [1.82, 2.24) is 4.90 Å². The van der Waals surface area contributed by atoms with Crippen LogP contribution in [-0.2, 0) is 13.1 Å². The van der Waals surface area contributed by atoms with E-state index in [9.17, 15) is 4.79 Å². The summed E-state index contributed by atoms with van der Waals surface area (Å²) in [6.07, 6.45) is -0.951. The van der Waals surface area contributed by atoms with E-state index >= 15 is 0 Å². The van der Waals surface area contributed by atoms with Gasteiger partial charge in [0.2, 0.25) is 0 Å². The zero-order valence-corrected chi connectivity index (χ0v) is 8.64. The van der Waals surface area contributed by atoms with E-state index in [0.29, 0.717) is 23.1 Å². The normalized spacial score (nSPS) is 14.3. The monoisotopic (exact) mass is 231 g/mol. The van der Waals surface area contributed by atoms with Crippen LogP contribution in [0.25, 0.3) is 0 Å². The summed E-state index contributed by atoms with van der Waals surface area (Å²) in [5.74, 6) is 0. The molecule has 1 aromatic rings. The van der Waals surface area contributed by atoms with E-state index in [4.69, 9.17) is 28.3 Å². The van der Waals surface area contributed by atoms with Gasteiger partial charge in [-0.1, -0.05) is 23.2 Å². The zero-order valence-electron chi connectivity index (χ0n) is 7.13. The first-order valence-corrected chi connectivity index (χ1v) is 4.79. The molecule has 0 atom stereocenters. The van der Waals surface area contributed by atoms with Crippen molar-refractivity contribution in [2.75, 3.05) is 0 Å². The van der Waals surface area contributed by atoms with Crippen molar-refractivity contribution in [1.29, 1.82) is 0 Å². The highest BCUT2D eigenvalue weighted by atomic mass is 35.5. The van der Waals surface area contributed by atoms with Gasteiger partial charge in [0.15, 0.2) is 0 Å². The summed E-state index contributed by atoms with van der Waals surface area (Å²) in [5, 5.41) is 9.96. The van der Waals surface area contributed by atoms with Gasteiger partial charge in [-0.25, -0.2) is 4.79 Å². The molecule has 0 aliphatic carbocycles. The number of rotatable bonds is 0. The molecule has 0 unspecified atom stereocenters. The highest BCUT2D eigenvalue weighted by Crippen LogP contribution is 2.34. The number of carbonyl (C=O) groups is 1. The fourth-order valence-electron chi connectivity index (χ4n) is 1.55. The Morgan fingerprint density at radius 1 is 1.21 bits per heavy atom. The first kappa shape index (κ1) is 9.62. The second-order valence-electron chi connectivity index (χ2n) is 3.12. The molecule has 0 spiro atoms. The molecule has 0 aromatic heterocycles. The fourth-order valence-corrected chi connectivity index (χ4v) is 2.02. The Bertz CT molecular complexity index is 375. The lowest BCUT2D eigenvalue weighted by Crippen LogP contribution is -2.22. The molecule has 1 aliphatic heterocycles. The van der Waals surface area contributed by atoms with E-state index in [0.717, 1.165) is 11.1 Å². The summed E-state index contributed by atoms with van der Waals surface area (Å²) < 4.78 is 0. The predicted molar refractivity (Wildman–Crippen MR) is 53.7 cm³/mol. The average Bonchev–Trinajstić information content (AvgIpc) is 2.57. The molecular weight excluding hydrogens is 225 g/mol. The van der Waals surface area contributed by atoms with Crippen LogP contribution in [0.2, 0.25) is 10.0 Å². The Morgan fingerprint density at radius 3 is 2.00 bits per heavy atom. The molecule has 3 nitrogen and oxygen atoms in total. The molecule has 0 fully saturated rings. The standard InChI is InChI=1S/C9H7Cl2NO2/c10-7-1-2-8(11)6-4-12(9(13)14)3-5(6)7/h1-2H,3-4H2,(H,13,14). The van der Waals surface area contributed by atoms with E-state index in [2.05, 4.69) is 0 Å². The molecule has 1 heterocycles. The summed E-state index contributed by atoms with van der Waals surface area (Å²) >= 11 is 11.9. The van der Waals surface area contributed by atoms with Gasteiger partial charge in [-0.05, 0) is 23.3 Å². The van der Waals surface area contributed by atoms with Crippen LogP contribution in [0.15, 0.2) is 12.1 Å². The van der Waals surface area contributed by atoms with Crippen molar-refractivity contribution in [2.45, 2.75) is 13.1 Å². The van der Waals surface area contributed by atoms with E-state index < -0.39 is 6.09 Å². The van der Waals surface area contributed by atoms with Crippen LogP contribution >= 0.6 is 23.2 Å². The minimum absolute atomic E-state index is 0.323. The van der Waals surface area contributed by atoms with E-state index in [1.165, 1.54) is 4.90 Å². The zero-order chi connectivity index (χ0) is 10.3. The van der Waals surface area contributed by atoms with Gasteiger partial charge in [0, 0.05) is 10.0 Å². The van der Waals surface area contributed by atoms with Crippen molar-refractivity contribution in [3.05, 3.63) is 33.3 Å². The summed E-state index contributed by atoms with van der Waals surface area (Å²) in [6.45, 7) is 0.647. The fraction of sp³-hybridized carbons (Fsp3) is 0.222. The summed E-state index contributed by atoms with van der Waals surface area (Å²) in [6, 6.07) is 3.38. The van der Waals surface area contributed by atoms with Gasteiger partial charge in [-0.2, -0.15) is 0 Å². The molecule has 1 amide bonds. The molecule has 1 N–H and O–H groups in total. The number of fused-ring (bicyclic) bond motifs is 1. The summed E-state index contributed by atoms with van der Waals surface area (Å²) in [4.78, 5) is 12.0. The van der Waals surface area contributed by atoms with Crippen LogP contribution in [0.5, 0.6) is 0 Å². The maximum absolute atomic E-state index is 10.7. The van der Waals surface area contributed by atoms with Crippen molar-refractivity contribution in [2.24, 2.45) is 0 Å². The lowest BCUT2D eigenvalue weighted by Gasteiger charge is -2.08. The van der Waals surface area contributed by atoms with Gasteiger partial charge >= 0.3 is 6.09 Å². The summed E-state index contributed by atoms with van der Waals surface area (Å²) in [7, 11) is 0. The maximum Gasteiger partial charge on any atom is 0.407 e. The Labute approximate surface area is 90.8 Å². The number of benzene rings is 1. The van der Waals surface area contributed by atoms with Crippen LogP contribution < -0.4 is 0 Å². The molecule has 74 valence electrons. The Kier molecular flexibility index (Phi) is 2.29. The van der Waals surface area contributed by atoms with Crippen LogP contribution in [0, 0.1) is 0 Å². The van der Waals surface area contributed by atoms with Crippen molar-refractivity contribution in [3.63, 3.8) is 0 Å². The second kappa shape index (κ2) is 3.33. The highest BCUT2D eigenvalue weighted by molar-refractivity contribution is 6.34. The van der Waals surface area contributed by atoms with Crippen LogP contribution in [0.4, 0.5) is 4.79 Å². The molecule has 1 aliphatic rings. The van der Waals surface area contributed by atoms with Crippen molar-refractivity contribution >= 4 is 29.3 Å². The summed E-state index contributed by atoms with van der Waals surface area (Å²) in [5.41, 5.74) is 1.64. The quantitative estimate of drug-likeness (QED) is 0.746. The van der Waals surface area contributed by atoms with Crippen molar-refractivity contribution in [3.8, 4) is 0 Å². The molecule has 2 rings (SSSR count). The Morgan fingerprint density at radius 2 is 1.64 bits per heavy atom. The molecule has 5 heteroatoms. The average molecular weight is 232 g/mol. The number of amides is 1. The van der Waals surface area contributed by atoms with Crippen LogP contribution in [-0.4, -0.2) is 16.1 Å². The molecule has 0 saturated carbocycles. The second-order valence-corrected chi connectivity index (χ2v) is 3.94. The number of halogens is 2. The third kappa shape index (κ3) is 1.42. The van der Waals surface area contributed by atoms with E-state index in [1.807, 2.05) is 0 Å². The van der Waals surface area contributed by atoms with E-state index in [-0.39, 0.29) is 0 Å². The van der Waals surface area contributed by atoms with Crippen LogP contribution in [0.1, 0.15) is 11.1 Å². The third-order valence-corrected chi connectivity index (χ3v) is 2.99. The smallest absolute Gasteiger partial charge is 0.407 e. The first-order valence-electron chi connectivity index (χ1n) is 4.03. The molecule has 14 heavy (non-hydrogen) atoms. The number of carboxylic acid groups (broad SMARTS) is 1. The highest BCUT2D eigenvalue weighted by Gasteiger charge is 2.26. The van der Waals surface area contributed by atoms with Gasteiger partial charge in [0.25, 0.3) is 0 Å². The Hall–Kier alpha value is -0.930. The topological polar surface area (TPSA) is 40.5 Å². The van der Waals surface area contributed by atoms with Crippen LogP contribution in [0.3, 0.4) is 0 Å². The van der Waals surface area contributed by atoms with Crippen molar-refractivity contribution < 1.29 is 9.90 Å². The first-order chi connectivity index (χ1) is 6.59. The van der Waals surface area contributed by atoms with Gasteiger partial charge in [0.05, 0.1) is 13.1 Å². The SMILES string of the molecule is O=C(O)N1Cc2c(Cl)ccc(Cl)c2C1.